The Bertz CT molecular complexity index is 587. The number of hydrogen-bond donors (Lipinski definition) is 1. The van der Waals surface area contributed by atoms with Crippen molar-refractivity contribution in [2.24, 2.45) is 5.73 Å². The van der Waals surface area contributed by atoms with Gasteiger partial charge in [0, 0.05) is 5.56 Å². The third kappa shape index (κ3) is 2.46. The van der Waals surface area contributed by atoms with Gasteiger partial charge in [-0.15, -0.1) is 0 Å². The molecular weight excluding hydrogens is 259 g/mol. The fourth-order valence-electron chi connectivity index (χ4n) is 1.41. The van der Waals surface area contributed by atoms with E-state index in [9.17, 15) is 13.2 Å². The van der Waals surface area contributed by atoms with E-state index in [4.69, 9.17) is 10.3 Å². The fourth-order valence-corrected chi connectivity index (χ4v) is 1.41. The van der Waals surface area contributed by atoms with Crippen LogP contribution >= 0.6 is 0 Å². The summed E-state index contributed by atoms with van der Waals surface area (Å²) in [5.74, 6) is -4.06. The molecule has 0 saturated carbocycles. The number of aromatic nitrogens is 2. The molecule has 0 spiro atoms. The van der Waals surface area contributed by atoms with Crippen molar-refractivity contribution in [3.8, 4) is 11.4 Å². The highest BCUT2D eigenvalue weighted by Gasteiger charge is 2.27. The van der Waals surface area contributed by atoms with Crippen molar-refractivity contribution in [3.05, 3.63) is 35.5 Å². The Morgan fingerprint density at radius 2 is 1.84 bits per heavy atom. The molecule has 0 aliphatic rings. The molecule has 4 nitrogen and oxygen atoms in total. The van der Waals surface area contributed by atoms with E-state index in [1.54, 1.807) is 6.92 Å². The van der Waals surface area contributed by atoms with Crippen molar-refractivity contribution < 1.29 is 17.7 Å². The molecule has 0 saturated heterocycles. The van der Waals surface area contributed by atoms with Crippen LogP contribution in [0.2, 0.25) is 0 Å². The monoisotopic (exact) mass is 271 g/mol. The minimum atomic E-state index is -1.54. The molecule has 1 unspecified atom stereocenters. The molecule has 19 heavy (non-hydrogen) atoms. The average Bonchev–Trinajstić information content (AvgIpc) is 2.85. The first kappa shape index (κ1) is 13.5. The third-order valence-electron chi connectivity index (χ3n) is 2.89. The SMILES string of the molecule is CCC(C)(N)c1nc(-c2cc(F)c(F)c(F)c2)no1. The second-order valence-corrected chi connectivity index (χ2v) is 4.45. The van der Waals surface area contributed by atoms with E-state index in [1.807, 2.05) is 6.92 Å². The maximum Gasteiger partial charge on any atom is 0.246 e. The van der Waals surface area contributed by atoms with E-state index in [0.717, 1.165) is 12.1 Å². The molecule has 7 heteroatoms. The largest absolute Gasteiger partial charge is 0.337 e. The summed E-state index contributed by atoms with van der Waals surface area (Å²) in [6.45, 7) is 3.53. The van der Waals surface area contributed by atoms with Crippen LogP contribution in [0.1, 0.15) is 26.2 Å². The predicted octanol–water partition coefficient (Wildman–Crippen LogP) is 2.74. The van der Waals surface area contributed by atoms with E-state index in [0.29, 0.717) is 6.42 Å². The highest BCUT2D eigenvalue weighted by molar-refractivity contribution is 5.54. The summed E-state index contributed by atoms with van der Waals surface area (Å²) in [6.07, 6.45) is 0.542. The molecule has 2 rings (SSSR count). The number of hydrogen-bond acceptors (Lipinski definition) is 4. The highest BCUT2D eigenvalue weighted by Crippen LogP contribution is 2.25. The number of nitrogens with zero attached hydrogens (tertiary/aromatic N) is 2. The summed E-state index contributed by atoms with van der Waals surface area (Å²) in [5.41, 5.74) is 5.06. The molecule has 2 aromatic rings. The van der Waals surface area contributed by atoms with Crippen LogP contribution in [-0.4, -0.2) is 10.1 Å². The second kappa shape index (κ2) is 4.65. The molecular formula is C12H12F3N3O. The minimum absolute atomic E-state index is 0.0155. The average molecular weight is 271 g/mol. The Kier molecular flexibility index (Phi) is 3.32. The lowest BCUT2D eigenvalue weighted by Gasteiger charge is -2.16. The van der Waals surface area contributed by atoms with Crippen molar-refractivity contribution in [1.29, 1.82) is 0 Å². The fraction of sp³-hybridized carbons (Fsp3) is 0.333. The maximum absolute atomic E-state index is 13.1. The first-order valence-electron chi connectivity index (χ1n) is 5.63. The maximum atomic E-state index is 13.1. The number of nitrogens with two attached hydrogens (primary N) is 1. The van der Waals surface area contributed by atoms with Gasteiger partial charge in [-0.1, -0.05) is 12.1 Å². The van der Waals surface area contributed by atoms with Crippen LogP contribution in [0.15, 0.2) is 16.7 Å². The lowest BCUT2D eigenvalue weighted by Crippen LogP contribution is -2.32. The quantitative estimate of drug-likeness (QED) is 0.872. The lowest BCUT2D eigenvalue weighted by molar-refractivity contribution is 0.291. The van der Waals surface area contributed by atoms with E-state index in [-0.39, 0.29) is 17.3 Å². The van der Waals surface area contributed by atoms with Gasteiger partial charge in [0.1, 0.15) is 0 Å². The summed E-state index contributed by atoms with van der Waals surface area (Å²) in [7, 11) is 0. The summed E-state index contributed by atoms with van der Waals surface area (Å²) in [6, 6.07) is 1.60. The Hall–Kier alpha value is -1.89. The van der Waals surface area contributed by atoms with Gasteiger partial charge in [-0.25, -0.2) is 13.2 Å². The minimum Gasteiger partial charge on any atom is -0.337 e. The van der Waals surface area contributed by atoms with Crippen molar-refractivity contribution >= 4 is 0 Å². The molecule has 1 heterocycles. The smallest absolute Gasteiger partial charge is 0.246 e. The third-order valence-corrected chi connectivity index (χ3v) is 2.89. The summed E-state index contributed by atoms with van der Waals surface area (Å²) in [5, 5.41) is 3.59. The Balaban J connectivity index is 2.44. The molecule has 0 amide bonds. The highest BCUT2D eigenvalue weighted by atomic mass is 19.2. The lowest BCUT2D eigenvalue weighted by atomic mass is 10.0. The predicted molar refractivity (Wildman–Crippen MR) is 61.4 cm³/mol. The molecule has 102 valence electrons. The molecule has 1 aromatic heterocycles. The van der Waals surface area contributed by atoms with Crippen molar-refractivity contribution in [3.63, 3.8) is 0 Å². The van der Waals surface area contributed by atoms with Crippen molar-refractivity contribution in [2.45, 2.75) is 25.8 Å². The van der Waals surface area contributed by atoms with Crippen LogP contribution in [0.3, 0.4) is 0 Å². The van der Waals surface area contributed by atoms with E-state index >= 15 is 0 Å². The van der Waals surface area contributed by atoms with Gasteiger partial charge in [0.15, 0.2) is 17.5 Å². The summed E-state index contributed by atoms with van der Waals surface area (Å²) < 4.78 is 44.0. The molecule has 0 aliphatic carbocycles. The second-order valence-electron chi connectivity index (χ2n) is 4.45. The van der Waals surface area contributed by atoms with Crippen LogP contribution in [-0.2, 0) is 5.54 Å². The van der Waals surface area contributed by atoms with E-state index in [1.165, 1.54) is 0 Å². The van der Waals surface area contributed by atoms with E-state index in [2.05, 4.69) is 10.1 Å². The normalized spacial score (nSPS) is 14.4. The van der Waals surface area contributed by atoms with Crippen LogP contribution in [0.5, 0.6) is 0 Å². The molecule has 0 fully saturated rings. The molecule has 1 aromatic carbocycles. The Morgan fingerprint density at radius 3 is 2.37 bits per heavy atom. The first-order chi connectivity index (χ1) is 8.85. The number of halogens is 3. The number of rotatable bonds is 3. The summed E-state index contributed by atoms with van der Waals surface area (Å²) in [4.78, 5) is 3.98. The van der Waals surface area contributed by atoms with Gasteiger partial charge < -0.3 is 10.3 Å². The van der Waals surface area contributed by atoms with Gasteiger partial charge >= 0.3 is 0 Å². The zero-order valence-electron chi connectivity index (χ0n) is 10.4. The van der Waals surface area contributed by atoms with E-state index < -0.39 is 23.0 Å². The molecule has 1 atom stereocenters. The van der Waals surface area contributed by atoms with Crippen LogP contribution in [0, 0.1) is 17.5 Å². The summed E-state index contributed by atoms with van der Waals surface area (Å²) >= 11 is 0. The zero-order chi connectivity index (χ0) is 14.2. The molecule has 2 N–H and O–H groups in total. The van der Waals surface area contributed by atoms with Gasteiger partial charge in [0.05, 0.1) is 5.54 Å². The molecule has 0 aliphatic heterocycles. The van der Waals surface area contributed by atoms with Gasteiger partial charge in [-0.2, -0.15) is 4.98 Å². The topological polar surface area (TPSA) is 64.9 Å². The van der Waals surface area contributed by atoms with Gasteiger partial charge in [0.2, 0.25) is 11.7 Å². The van der Waals surface area contributed by atoms with Gasteiger partial charge in [-0.05, 0) is 25.5 Å². The van der Waals surface area contributed by atoms with Crippen molar-refractivity contribution in [2.75, 3.05) is 0 Å². The Labute approximate surface area is 107 Å². The Morgan fingerprint density at radius 1 is 1.26 bits per heavy atom. The molecule has 0 radical (unpaired) electrons. The van der Waals surface area contributed by atoms with Crippen molar-refractivity contribution in [1.82, 2.24) is 10.1 Å². The first-order valence-corrected chi connectivity index (χ1v) is 5.63. The van der Waals surface area contributed by atoms with Gasteiger partial charge in [0.25, 0.3) is 0 Å². The van der Waals surface area contributed by atoms with Crippen LogP contribution in [0.4, 0.5) is 13.2 Å². The standard InChI is InChI=1S/C12H12F3N3O/c1-3-12(2,16)11-17-10(18-19-11)6-4-7(13)9(15)8(14)5-6/h4-5H,3,16H2,1-2H3. The zero-order valence-corrected chi connectivity index (χ0v) is 10.4. The van der Waals surface area contributed by atoms with Gasteiger partial charge in [-0.3, -0.25) is 0 Å². The van der Waals surface area contributed by atoms with Crippen LogP contribution < -0.4 is 5.73 Å². The number of benzene rings is 1. The molecule has 0 bridgehead atoms. The van der Waals surface area contributed by atoms with Crippen LogP contribution in [0.25, 0.3) is 11.4 Å².